The van der Waals surface area contributed by atoms with Gasteiger partial charge in [0, 0.05) is 36.1 Å². The zero-order valence-corrected chi connectivity index (χ0v) is 35.8. The summed E-state index contributed by atoms with van der Waals surface area (Å²) in [5.41, 5.74) is 0.963. The van der Waals surface area contributed by atoms with Crippen LogP contribution in [0.3, 0.4) is 0 Å². The van der Waals surface area contributed by atoms with Gasteiger partial charge in [-0.2, -0.15) is 0 Å². The molecule has 2 amide bonds. The molecule has 334 valence electrons. The van der Waals surface area contributed by atoms with E-state index in [9.17, 15) is 39.6 Å². The van der Waals surface area contributed by atoms with E-state index in [1.807, 2.05) is 0 Å². The molecule has 18 heteroatoms. The number of amides is 2. The number of aliphatic hydroxyl groups is 6. The fourth-order valence-electron chi connectivity index (χ4n) is 7.89. The minimum absolute atomic E-state index is 0.0191. The molecule has 0 radical (unpaired) electrons. The molecule has 0 spiro atoms. The van der Waals surface area contributed by atoms with Crippen LogP contribution in [0.5, 0.6) is 0 Å². The van der Waals surface area contributed by atoms with Crippen LogP contribution in [0.15, 0.2) is 64.6 Å². The van der Waals surface area contributed by atoms with Crippen molar-refractivity contribution in [2.75, 3.05) is 13.2 Å². The zero-order chi connectivity index (χ0) is 44.2. The lowest BCUT2D eigenvalue weighted by Gasteiger charge is -2.22. The summed E-state index contributed by atoms with van der Waals surface area (Å²) in [7, 11) is 0. The van der Waals surface area contributed by atoms with Crippen LogP contribution in [0.1, 0.15) is 103 Å². The molecule has 4 unspecified atom stereocenters. The normalized spacial score (nSPS) is 17.3. The van der Waals surface area contributed by atoms with E-state index in [4.69, 9.17) is 33.4 Å². The standard InChI is InChI=1S/C22H30ClN3O5.C21H28ClN3O5/c1-14-11-26(22(31)25(14)12-17(28)13-27)16-8-9-19(23)18(10-16)21(30)24-20(29)15-6-4-2-3-5-7-15;22-18-8-7-15(25-10-9-24(21(25)30)12-16(27)13-26)11-17(18)20(29)23-19(28)14-5-3-1-2-4-6-14/h8-11,15,17,20,27-29H,2-7,12-13H2,1H3,(H,24,30);7-11,14,16,19,26-28H,1-6,12-13H2,(H,23,29). The van der Waals surface area contributed by atoms with Gasteiger partial charge >= 0.3 is 11.4 Å². The monoisotopic (exact) mass is 888 g/mol. The zero-order valence-electron chi connectivity index (χ0n) is 34.3. The van der Waals surface area contributed by atoms with Crippen molar-refractivity contribution in [3.63, 3.8) is 0 Å². The molecule has 16 nitrogen and oxygen atoms in total. The molecular formula is C43H58Cl2N6O10. The van der Waals surface area contributed by atoms with Gasteiger partial charge in [0.2, 0.25) is 0 Å². The number of hydrogen-bond acceptors (Lipinski definition) is 10. The predicted molar refractivity (Wildman–Crippen MR) is 230 cm³/mol. The van der Waals surface area contributed by atoms with Crippen LogP contribution in [0.4, 0.5) is 0 Å². The van der Waals surface area contributed by atoms with Gasteiger partial charge in [-0.05, 0) is 69.0 Å². The lowest BCUT2D eigenvalue weighted by molar-refractivity contribution is 0.0522. The number of carbonyl (C=O) groups excluding carboxylic acids is 2. The van der Waals surface area contributed by atoms with Crippen molar-refractivity contribution in [2.24, 2.45) is 11.8 Å². The van der Waals surface area contributed by atoms with Crippen LogP contribution in [0.2, 0.25) is 10.0 Å². The fourth-order valence-corrected chi connectivity index (χ4v) is 8.30. The van der Waals surface area contributed by atoms with Crippen LogP contribution in [0, 0.1) is 18.8 Å². The minimum atomic E-state index is -1.05. The number of aromatic nitrogens is 4. The van der Waals surface area contributed by atoms with Gasteiger partial charge in [0.1, 0.15) is 12.5 Å². The van der Waals surface area contributed by atoms with E-state index in [0.717, 1.165) is 77.0 Å². The number of rotatable bonds is 14. The average molecular weight is 890 g/mol. The van der Waals surface area contributed by atoms with Crippen molar-refractivity contribution < 1.29 is 40.2 Å². The highest BCUT2D eigenvalue weighted by Crippen LogP contribution is 2.27. The Hall–Kier alpha value is -4.26. The third-order valence-electron chi connectivity index (χ3n) is 11.4. The topological polar surface area (TPSA) is 233 Å². The summed E-state index contributed by atoms with van der Waals surface area (Å²) >= 11 is 12.5. The molecule has 2 fully saturated rings. The highest BCUT2D eigenvalue weighted by atomic mass is 35.5. The van der Waals surface area contributed by atoms with Gasteiger partial charge in [-0.15, -0.1) is 0 Å². The van der Waals surface area contributed by atoms with Crippen molar-refractivity contribution in [2.45, 2.75) is 122 Å². The number of nitrogens with zero attached hydrogens (tertiary/aromatic N) is 4. The molecule has 2 heterocycles. The second kappa shape index (κ2) is 22.7. The van der Waals surface area contributed by atoms with Gasteiger partial charge in [0.05, 0.1) is 71.1 Å². The number of hydrogen-bond donors (Lipinski definition) is 8. The van der Waals surface area contributed by atoms with E-state index in [-0.39, 0.29) is 46.1 Å². The first kappa shape index (κ1) is 47.8. The summed E-state index contributed by atoms with van der Waals surface area (Å²) in [6.45, 7) is 0.728. The number of carbonyl (C=O) groups is 2. The predicted octanol–water partition coefficient (Wildman–Crippen LogP) is 3.64. The Kier molecular flexibility index (Phi) is 17.8. The van der Waals surface area contributed by atoms with Crippen LogP contribution in [0.25, 0.3) is 11.4 Å². The molecule has 4 aromatic rings. The molecule has 2 aromatic carbocycles. The van der Waals surface area contributed by atoms with Crippen LogP contribution >= 0.6 is 23.2 Å². The minimum Gasteiger partial charge on any atom is -0.394 e. The Balaban J connectivity index is 0.000000231. The van der Waals surface area contributed by atoms with E-state index >= 15 is 0 Å². The second-order valence-corrected chi connectivity index (χ2v) is 16.8. The third-order valence-corrected chi connectivity index (χ3v) is 12.1. The number of aryl methyl sites for hydroxylation is 1. The summed E-state index contributed by atoms with van der Waals surface area (Å²) in [5.74, 6) is -0.955. The van der Waals surface area contributed by atoms with Gasteiger partial charge in [0.25, 0.3) is 11.8 Å². The molecule has 2 aliphatic carbocycles. The van der Waals surface area contributed by atoms with Gasteiger partial charge in [-0.25, -0.2) is 9.59 Å². The Morgan fingerprint density at radius 1 is 0.656 bits per heavy atom. The number of aliphatic hydroxyl groups excluding tert-OH is 6. The molecule has 4 atom stereocenters. The fraction of sp³-hybridized carbons (Fsp3) is 0.535. The van der Waals surface area contributed by atoms with Crippen molar-refractivity contribution in [3.8, 4) is 11.4 Å². The molecule has 0 bridgehead atoms. The highest BCUT2D eigenvalue weighted by molar-refractivity contribution is 6.34. The largest absolute Gasteiger partial charge is 0.394 e. The number of nitrogens with one attached hydrogen (secondary N) is 2. The van der Waals surface area contributed by atoms with E-state index in [2.05, 4.69) is 10.6 Å². The lowest BCUT2D eigenvalue weighted by Crippen LogP contribution is -2.40. The van der Waals surface area contributed by atoms with Crippen molar-refractivity contribution in [1.29, 1.82) is 0 Å². The number of imidazole rings is 2. The summed E-state index contributed by atoms with van der Waals surface area (Å²) in [6, 6.07) is 9.28. The molecule has 2 aromatic heterocycles. The molecule has 0 aliphatic heterocycles. The van der Waals surface area contributed by atoms with Gasteiger partial charge in [-0.3, -0.25) is 27.9 Å². The summed E-state index contributed by atoms with van der Waals surface area (Å²) in [6.07, 6.45) is 12.8. The first-order valence-corrected chi connectivity index (χ1v) is 21.7. The van der Waals surface area contributed by atoms with E-state index in [1.54, 1.807) is 25.3 Å². The van der Waals surface area contributed by atoms with Crippen LogP contribution < -0.4 is 22.0 Å². The van der Waals surface area contributed by atoms with Gasteiger partial charge < -0.3 is 41.3 Å². The Labute approximate surface area is 364 Å². The highest BCUT2D eigenvalue weighted by Gasteiger charge is 2.26. The maximum Gasteiger partial charge on any atom is 0.333 e. The van der Waals surface area contributed by atoms with E-state index < -0.39 is 61.1 Å². The first-order chi connectivity index (χ1) is 29.2. The average Bonchev–Trinajstić information content (AvgIpc) is 3.49. The molecule has 2 saturated carbocycles. The van der Waals surface area contributed by atoms with Crippen molar-refractivity contribution >= 4 is 35.0 Å². The van der Waals surface area contributed by atoms with Gasteiger partial charge in [-0.1, -0.05) is 74.6 Å². The van der Waals surface area contributed by atoms with Crippen molar-refractivity contribution in [1.82, 2.24) is 28.9 Å². The Morgan fingerprint density at radius 2 is 1.10 bits per heavy atom. The smallest absolute Gasteiger partial charge is 0.333 e. The molecular weight excluding hydrogens is 831 g/mol. The van der Waals surface area contributed by atoms with E-state index in [1.165, 1.54) is 54.9 Å². The first-order valence-electron chi connectivity index (χ1n) is 20.9. The molecule has 6 rings (SSSR count). The summed E-state index contributed by atoms with van der Waals surface area (Å²) in [4.78, 5) is 50.9. The quantitative estimate of drug-likeness (QED) is 0.0677. The second-order valence-electron chi connectivity index (χ2n) is 16.0. The third kappa shape index (κ3) is 12.7. The maximum absolute atomic E-state index is 12.8. The van der Waals surface area contributed by atoms with Crippen molar-refractivity contribution in [3.05, 3.63) is 103 Å². The maximum atomic E-state index is 12.8. The molecule has 8 N–H and O–H groups in total. The van der Waals surface area contributed by atoms with Crippen LogP contribution in [-0.4, -0.2) is 98.6 Å². The Bertz CT molecular complexity index is 2190. The molecule has 2 aliphatic rings. The van der Waals surface area contributed by atoms with E-state index in [0.29, 0.717) is 17.1 Å². The molecule has 61 heavy (non-hydrogen) atoms. The van der Waals surface area contributed by atoms with Gasteiger partial charge in [0.15, 0.2) is 0 Å². The summed E-state index contributed by atoms with van der Waals surface area (Å²) < 4.78 is 5.29. The molecule has 0 saturated heterocycles. The van der Waals surface area contributed by atoms with Crippen LogP contribution in [-0.2, 0) is 13.1 Å². The Morgan fingerprint density at radius 3 is 1.56 bits per heavy atom. The lowest BCUT2D eigenvalue weighted by atomic mass is 9.98. The number of benzene rings is 2. The number of halogens is 2. The summed E-state index contributed by atoms with van der Waals surface area (Å²) in [5, 5.41) is 64.0. The SMILES string of the molecule is Cc1cn(-c2ccc(Cl)c(C(=O)NC(O)C3CCCCCC3)c2)c(=O)n1CC(O)CO.O=C(NC(O)C1CCCCCC1)c1cc(-n2ccn(CC(O)CO)c2=O)ccc1Cl.